The molecule has 0 aliphatic heterocycles. The Morgan fingerprint density at radius 1 is 1.40 bits per heavy atom. The molecule has 0 saturated carbocycles. The van der Waals surface area contributed by atoms with Gasteiger partial charge >= 0.3 is 0 Å². The fourth-order valence-corrected chi connectivity index (χ4v) is 3.03. The third kappa shape index (κ3) is 3.61. The molecule has 0 atom stereocenters. The number of nitrogens with one attached hydrogen (secondary N) is 1. The van der Waals surface area contributed by atoms with Crippen molar-refractivity contribution in [3.63, 3.8) is 0 Å². The van der Waals surface area contributed by atoms with Crippen molar-refractivity contribution in [2.45, 2.75) is 33.7 Å². The summed E-state index contributed by atoms with van der Waals surface area (Å²) in [6.07, 6.45) is 2.45. The summed E-state index contributed by atoms with van der Waals surface area (Å²) >= 11 is 1.53. The summed E-state index contributed by atoms with van der Waals surface area (Å²) in [5.41, 5.74) is 1.38. The first-order valence-corrected chi connectivity index (χ1v) is 7.73. The molecule has 1 N–H and O–H groups in total. The molecule has 0 radical (unpaired) electrons. The lowest BCUT2D eigenvalue weighted by atomic mass is 10.2. The number of aryl methyl sites for hydroxylation is 1. The van der Waals surface area contributed by atoms with E-state index in [1.54, 1.807) is 12.3 Å². The minimum atomic E-state index is -0.314. The van der Waals surface area contributed by atoms with Gasteiger partial charge in [0.25, 0.3) is 0 Å². The van der Waals surface area contributed by atoms with Crippen LogP contribution in [0.25, 0.3) is 10.7 Å². The normalized spacial score (nSPS) is 11.2. The minimum absolute atomic E-state index is 0.314. The van der Waals surface area contributed by atoms with Gasteiger partial charge in [0, 0.05) is 17.6 Å². The summed E-state index contributed by atoms with van der Waals surface area (Å²) in [6.45, 7) is 8.17. The molecule has 0 spiro atoms. The Kier molecular flexibility index (Phi) is 5.20. The Morgan fingerprint density at radius 2 is 2.20 bits per heavy atom. The first-order valence-electron chi connectivity index (χ1n) is 6.92. The zero-order valence-electron chi connectivity index (χ0n) is 12.1. The Bertz CT molecular complexity index is 566. The molecule has 0 bridgehead atoms. The van der Waals surface area contributed by atoms with Crippen LogP contribution in [0.5, 0.6) is 0 Å². The van der Waals surface area contributed by atoms with Crippen LogP contribution in [0.1, 0.15) is 31.3 Å². The number of rotatable bonds is 6. The van der Waals surface area contributed by atoms with Crippen LogP contribution in [0.3, 0.4) is 0 Å². The first kappa shape index (κ1) is 15.1. The van der Waals surface area contributed by atoms with Crippen molar-refractivity contribution < 1.29 is 4.39 Å². The van der Waals surface area contributed by atoms with E-state index in [4.69, 9.17) is 0 Å². The van der Waals surface area contributed by atoms with E-state index in [1.165, 1.54) is 22.3 Å². The Morgan fingerprint density at radius 3 is 2.85 bits per heavy atom. The molecule has 20 heavy (non-hydrogen) atoms. The van der Waals surface area contributed by atoms with Crippen LogP contribution in [-0.4, -0.2) is 16.5 Å². The summed E-state index contributed by atoms with van der Waals surface area (Å²) in [4.78, 5) is 9.81. The van der Waals surface area contributed by atoms with Gasteiger partial charge in [0.1, 0.15) is 10.7 Å². The smallest absolute Gasteiger partial charge is 0.151 e. The third-order valence-corrected chi connectivity index (χ3v) is 4.02. The predicted molar refractivity (Wildman–Crippen MR) is 81.2 cm³/mol. The van der Waals surface area contributed by atoms with Crippen LogP contribution in [0.15, 0.2) is 18.3 Å². The number of pyridine rings is 1. The van der Waals surface area contributed by atoms with E-state index >= 15 is 0 Å². The zero-order chi connectivity index (χ0) is 14.5. The summed E-state index contributed by atoms with van der Waals surface area (Å²) < 4.78 is 13.8. The van der Waals surface area contributed by atoms with Gasteiger partial charge in [-0.05, 0) is 31.0 Å². The molecule has 0 amide bonds. The van der Waals surface area contributed by atoms with Gasteiger partial charge in [0.15, 0.2) is 5.82 Å². The van der Waals surface area contributed by atoms with Gasteiger partial charge in [-0.2, -0.15) is 0 Å². The van der Waals surface area contributed by atoms with Crippen molar-refractivity contribution >= 4 is 11.3 Å². The van der Waals surface area contributed by atoms with E-state index in [2.05, 4.69) is 36.1 Å². The lowest BCUT2D eigenvalue weighted by Gasteiger charge is -2.06. The highest BCUT2D eigenvalue weighted by molar-refractivity contribution is 7.15. The van der Waals surface area contributed by atoms with Gasteiger partial charge in [-0.1, -0.05) is 20.8 Å². The molecule has 108 valence electrons. The standard InChI is InChI=1S/C15H20FN3S/c1-4-12-13(9-17-8-10(2)3)20-15(19-12)14-11(16)6-5-7-18-14/h5-7,10,17H,4,8-9H2,1-3H3. The highest BCUT2D eigenvalue weighted by atomic mass is 32.1. The van der Waals surface area contributed by atoms with E-state index < -0.39 is 0 Å². The van der Waals surface area contributed by atoms with E-state index in [0.717, 1.165) is 25.2 Å². The maximum atomic E-state index is 13.8. The lowest BCUT2D eigenvalue weighted by Crippen LogP contribution is -2.18. The van der Waals surface area contributed by atoms with Gasteiger partial charge in [-0.25, -0.2) is 9.37 Å². The highest BCUT2D eigenvalue weighted by Gasteiger charge is 2.15. The largest absolute Gasteiger partial charge is 0.312 e. The second kappa shape index (κ2) is 6.90. The zero-order valence-corrected chi connectivity index (χ0v) is 12.9. The highest BCUT2D eigenvalue weighted by Crippen LogP contribution is 2.28. The molecule has 3 nitrogen and oxygen atoms in total. The van der Waals surface area contributed by atoms with Crippen molar-refractivity contribution in [3.8, 4) is 10.7 Å². The monoisotopic (exact) mass is 293 g/mol. The van der Waals surface area contributed by atoms with E-state index in [1.807, 2.05) is 0 Å². The predicted octanol–water partition coefficient (Wildman–Crippen LogP) is 3.65. The van der Waals surface area contributed by atoms with Gasteiger partial charge < -0.3 is 5.32 Å². The van der Waals surface area contributed by atoms with Crippen LogP contribution >= 0.6 is 11.3 Å². The van der Waals surface area contributed by atoms with Gasteiger partial charge in [0.2, 0.25) is 0 Å². The molecule has 0 saturated heterocycles. The lowest BCUT2D eigenvalue weighted by molar-refractivity contribution is 0.553. The van der Waals surface area contributed by atoms with Crippen molar-refractivity contribution in [1.29, 1.82) is 0 Å². The molecule has 5 heteroatoms. The van der Waals surface area contributed by atoms with Crippen molar-refractivity contribution in [3.05, 3.63) is 34.7 Å². The van der Waals surface area contributed by atoms with Crippen LogP contribution < -0.4 is 5.32 Å². The number of thiazole rings is 1. The van der Waals surface area contributed by atoms with Crippen LogP contribution in [0, 0.1) is 11.7 Å². The minimum Gasteiger partial charge on any atom is -0.312 e. The molecule has 0 fully saturated rings. The molecular formula is C15H20FN3S. The van der Waals surface area contributed by atoms with Crippen LogP contribution in [0.4, 0.5) is 4.39 Å². The van der Waals surface area contributed by atoms with Crippen LogP contribution in [0.2, 0.25) is 0 Å². The quantitative estimate of drug-likeness (QED) is 0.883. The Labute approximate surface area is 123 Å². The summed E-state index contributed by atoms with van der Waals surface area (Å²) in [6, 6.07) is 3.02. The van der Waals surface area contributed by atoms with Crippen molar-refractivity contribution in [1.82, 2.24) is 15.3 Å². The molecule has 0 aliphatic carbocycles. The Hall–Kier alpha value is -1.33. The SMILES string of the molecule is CCc1nc(-c2ncccc2F)sc1CNCC(C)C. The van der Waals surface area contributed by atoms with Crippen molar-refractivity contribution in [2.75, 3.05) is 6.54 Å². The molecule has 0 aliphatic rings. The average molecular weight is 293 g/mol. The molecule has 0 unspecified atom stereocenters. The van der Waals surface area contributed by atoms with Crippen molar-refractivity contribution in [2.24, 2.45) is 5.92 Å². The number of hydrogen-bond donors (Lipinski definition) is 1. The van der Waals surface area contributed by atoms with Gasteiger partial charge in [-0.3, -0.25) is 4.98 Å². The maximum Gasteiger partial charge on any atom is 0.151 e. The van der Waals surface area contributed by atoms with Crippen LogP contribution in [-0.2, 0) is 13.0 Å². The topological polar surface area (TPSA) is 37.8 Å². The van der Waals surface area contributed by atoms with E-state index in [9.17, 15) is 4.39 Å². The number of aromatic nitrogens is 2. The summed E-state index contributed by atoms with van der Waals surface area (Å²) in [5.74, 6) is 0.297. The van der Waals surface area contributed by atoms with E-state index in [0.29, 0.717) is 16.6 Å². The fraction of sp³-hybridized carbons (Fsp3) is 0.467. The number of hydrogen-bond acceptors (Lipinski definition) is 4. The second-order valence-electron chi connectivity index (χ2n) is 5.10. The van der Waals surface area contributed by atoms with Gasteiger partial charge in [0.05, 0.1) is 5.69 Å². The third-order valence-electron chi connectivity index (χ3n) is 2.91. The molecule has 2 aromatic rings. The number of nitrogens with zero attached hydrogens (tertiary/aromatic N) is 2. The first-order chi connectivity index (χ1) is 9.61. The number of halogens is 1. The summed E-state index contributed by atoms with van der Waals surface area (Å²) in [5, 5.41) is 4.08. The molecule has 2 aromatic heterocycles. The second-order valence-corrected chi connectivity index (χ2v) is 6.18. The molecule has 2 rings (SSSR count). The molecule has 2 heterocycles. The summed E-state index contributed by atoms with van der Waals surface area (Å²) in [7, 11) is 0. The Balaban J connectivity index is 2.20. The van der Waals surface area contributed by atoms with E-state index in [-0.39, 0.29) is 5.82 Å². The fourth-order valence-electron chi connectivity index (χ4n) is 1.92. The van der Waals surface area contributed by atoms with Gasteiger partial charge in [-0.15, -0.1) is 11.3 Å². The average Bonchev–Trinajstić information content (AvgIpc) is 2.82. The molecular weight excluding hydrogens is 273 g/mol. The maximum absolute atomic E-state index is 13.8. The molecule has 0 aromatic carbocycles.